The number of primary amides is 1. The van der Waals surface area contributed by atoms with Crippen molar-refractivity contribution < 1.29 is 19.0 Å². The summed E-state index contributed by atoms with van der Waals surface area (Å²) in [5, 5.41) is 3.72. The van der Waals surface area contributed by atoms with Crippen LogP contribution in [0.2, 0.25) is 0 Å². The molecule has 2 amide bonds. The van der Waals surface area contributed by atoms with Crippen LogP contribution in [0.25, 0.3) is 0 Å². The van der Waals surface area contributed by atoms with Gasteiger partial charge in [0.25, 0.3) is 0 Å². The number of hydrogen-bond acceptors (Lipinski definition) is 5. The van der Waals surface area contributed by atoms with E-state index in [4.69, 9.17) is 19.9 Å². The van der Waals surface area contributed by atoms with Gasteiger partial charge in [0.2, 0.25) is 0 Å². The average molecular weight is 399 g/mol. The number of hydrazone groups is 1. The summed E-state index contributed by atoms with van der Waals surface area (Å²) in [6, 6.07) is 12.8. The van der Waals surface area contributed by atoms with E-state index in [2.05, 4.69) is 30.4 Å². The highest BCUT2D eigenvalue weighted by Crippen LogP contribution is 2.29. The molecule has 0 heterocycles. The molecule has 29 heavy (non-hydrogen) atoms. The summed E-state index contributed by atoms with van der Waals surface area (Å²) in [5.41, 5.74) is 9.09. The van der Waals surface area contributed by atoms with Crippen LogP contribution in [-0.2, 0) is 0 Å². The van der Waals surface area contributed by atoms with Gasteiger partial charge in [0.1, 0.15) is 5.75 Å². The van der Waals surface area contributed by atoms with E-state index in [0.29, 0.717) is 30.6 Å². The molecule has 0 fully saturated rings. The molecule has 0 unspecified atom stereocenters. The highest BCUT2D eigenvalue weighted by Gasteiger charge is 2.09. The molecule has 0 spiro atoms. The number of rotatable bonds is 11. The molecule has 2 aromatic rings. The van der Waals surface area contributed by atoms with Crippen LogP contribution in [0.5, 0.6) is 17.2 Å². The molecule has 0 saturated heterocycles. The standard InChI is InChI=1S/C22H29N3O4/c1-4-16(2)18-8-5-6-9-19(18)28-12-7-13-29-20-11-10-17(14-21(20)27-3)15-24-25-22(23)26/h5-6,8-11,14-16H,4,7,12-13H2,1-3H3,(H3,23,25,26)/b24-15-/t16-/m1/s1. The number of carbonyl (C=O) groups is 1. The predicted molar refractivity (Wildman–Crippen MR) is 114 cm³/mol. The smallest absolute Gasteiger partial charge is 0.332 e. The first-order valence-corrected chi connectivity index (χ1v) is 9.66. The topological polar surface area (TPSA) is 95.2 Å². The Labute approximate surface area is 171 Å². The van der Waals surface area contributed by atoms with Crippen molar-refractivity contribution >= 4 is 12.2 Å². The summed E-state index contributed by atoms with van der Waals surface area (Å²) in [4.78, 5) is 10.6. The van der Waals surface area contributed by atoms with Gasteiger partial charge in [-0.15, -0.1) is 0 Å². The van der Waals surface area contributed by atoms with Crippen molar-refractivity contribution in [3.05, 3.63) is 53.6 Å². The zero-order valence-corrected chi connectivity index (χ0v) is 17.2. The molecule has 0 aromatic heterocycles. The molecule has 0 aliphatic carbocycles. The number of urea groups is 1. The van der Waals surface area contributed by atoms with Crippen LogP contribution in [0.15, 0.2) is 47.6 Å². The first-order chi connectivity index (χ1) is 14.0. The summed E-state index contributed by atoms with van der Waals surface area (Å²) in [7, 11) is 1.57. The van der Waals surface area contributed by atoms with Crippen molar-refractivity contribution in [2.75, 3.05) is 20.3 Å². The Hall–Kier alpha value is -3.22. The molecular formula is C22H29N3O4. The summed E-state index contributed by atoms with van der Waals surface area (Å²) >= 11 is 0. The van der Waals surface area contributed by atoms with Gasteiger partial charge in [0.05, 0.1) is 26.5 Å². The molecule has 3 N–H and O–H groups in total. The largest absolute Gasteiger partial charge is 0.493 e. The lowest BCUT2D eigenvalue weighted by molar-refractivity contribution is 0.239. The Morgan fingerprint density at radius 2 is 1.86 bits per heavy atom. The predicted octanol–water partition coefficient (Wildman–Crippen LogP) is 4.06. The number of ether oxygens (including phenoxy) is 3. The number of nitrogens with zero attached hydrogens (tertiary/aromatic N) is 1. The lowest BCUT2D eigenvalue weighted by Gasteiger charge is -2.16. The molecule has 2 aromatic carbocycles. The molecule has 0 bridgehead atoms. The monoisotopic (exact) mass is 399 g/mol. The maximum atomic E-state index is 10.6. The Morgan fingerprint density at radius 3 is 2.55 bits per heavy atom. The van der Waals surface area contributed by atoms with Crippen LogP contribution in [0.4, 0.5) is 4.79 Å². The van der Waals surface area contributed by atoms with Crippen LogP contribution in [0, 0.1) is 0 Å². The van der Waals surface area contributed by atoms with Crippen molar-refractivity contribution in [3.8, 4) is 17.2 Å². The van der Waals surface area contributed by atoms with Gasteiger partial charge in [-0.3, -0.25) is 0 Å². The number of methoxy groups -OCH3 is 1. The van der Waals surface area contributed by atoms with Crippen molar-refractivity contribution in [3.63, 3.8) is 0 Å². The Bertz CT molecular complexity index is 823. The van der Waals surface area contributed by atoms with Crippen molar-refractivity contribution in [2.45, 2.75) is 32.6 Å². The third-order valence-electron chi connectivity index (χ3n) is 4.44. The summed E-state index contributed by atoms with van der Waals surface area (Å²) in [5.74, 6) is 2.61. The third kappa shape index (κ3) is 7.03. The van der Waals surface area contributed by atoms with Gasteiger partial charge >= 0.3 is 6.03 Å². The number of amides is 2. The van der Waals surface area contributed by atoms with E-state index < -0.39 is 6.03 Å². The van der Waals surface area contributed by atoms with Crippen molar-refractivity contribution in [1.82, 2.24) is 5.43 Å². The van der Waals surface area contributed by atoms with Gasteiger partial charge in [-0.2, -0.15) is 5.10 Å². The number of para-hydroxylation sites is 1. The summed E-state index contributed by atoms with van der Waals surface area (Å²) < 4.78 is 17.2. The number of carbonyl (C=O) groups excluding carboxylic acids is 1. The fourth-order valence-electron chi connectivity index (χ4n) is 2.72. The minimum Gasteiger partial charge on any atom is -0.493 e. The fourth-order valence-corrected chi connectivity index (χ4v) is 2.72. The summed E-state index contributed by atoms with van der Waals surface area (Å²) in [6.07, 6.45) is 3.28. The van der Waals surface area contributed by atoms with Crippen LogP contribution in [0.3, 0.4) is 0 Å². The van der Waals surface area contributed by atoms with Gasteiger partial charge in [-0.1, -0.05) is 32.0 Å². The third-order valence-corrected chi connectivity index (χ3v) is 4.44. The minimum absolute atomic E-state index is 0.465. The second-order valence-corrected chi connectivity index (χ2v) is 6.54. The molecule has 156 valence electrons. The SMILES string of the molecule is CC[C@@H](C)c1ccccc1OCCCOc1ccc(/C=N\NC(N)=O)cc1OC. The number of benzene rings is 2. The molecule has 7 heteroatoms. The maximum absolute atomic E-state index is 10.6. The zero-order chi connectivity index (χ0) is 21.1. The second-order valence-electron chi connectivity index (χ2n) is 6.54. The highest BCUT2D eigenvalue weighted by atomic mass is 16.5. The minimum atomic E-state index is -0.720. The quantitative estimate of drug-likeness (QED) is 0.338. The molecule has 0 radical (unpaired) electrons. The van der Waals surface area contributed by atoms with E-state index in [1.54, 1.807) is 19.2 Å². The van der Waals surface area contributed by atoms with E-state index in [-0.39, 0.29) is 0 Å². The molecule has 2 rings (SSSR count). The van der Waals surface area contributed by atoms with E-state index in [0.717, 1.165) is 24.2 Å². The maximum Gasteiger partial charge on any atom is 0.332 e. The second kappa shape index (κ2) is 11.6. The van der Waals surface area contributed by atoms with Crippen LogP contribution in [0.1, 0.15) is 43.7 Å². The molecule has 7 nitrogen and oxygen atoms in total. The Morgan fingerprint density at radius 1 is 1.14 bits per heavy atom. The molecule has 0 saturated carbocycles. The fraction of sp³-hybridized carbons (Fsp3) is 0.364. The van der Waals surface area contributed by atoms with Gasteiger partial charge in [-0.05, 0) is 47.7 Å². The Balaban J connectivity index is 1.85. The zero-order valence-electron chi connectivity index (χ0n) is 17.2. The number of hydrogen-bond donors (Lipinski definition) is 2. The highest BCUT2D eigenvalue weighted by molar-refractivity contribution is 5.82. The van der Waals surface area contributed by atoms with Crippen molar-refractivity contribution in [1.29, 1.82) is 0 Å². The first-order valence-electron chi connectivity index (χ1n) is 9.66. The van der Waals surface area contributed by atoms with E-state index in [9.17, 15) is 4.79 Å². The van der Waals surface area contributed by atoms with Gasteiger partial charge in [0, 0.05) is 6.42 Å². The molecule has 0 aliphatic rings. The van der Waals surface area contributed by atoms with Gasteiger partial charge in [-0.25, -0.2) is 10.2 Å². The lowest BCUT2D eigenvalue weighted by atomic mass is 9.98. The van der Waals surface area contributed by atoms with E-state index in [1.807, 2.05) is 24.3 Å². The van der Waals surface area contributed by atoms with E-state index in [1.165, 1.54) is 11.8 Å². The van der Waals surface area contributed by atoms with Gasteiger partial charge in [0.15, 0.2) is 11.5 Å². The lowest BCUT2D eigenvalue weighted by Crippen LogP contribution is -2.24. The normalized spacial score (nSPS) is 11.8. The first kappa shape index (κ1) is 22.1. The van der Waals surface area contributed by atoms with Crippen molar-refractivity contribution in [2.24, 2.45) is 10.8 Å². The van der Waals surface area contributed by atoms with Crippen LogP contribution in [-0.4, -0.2) is 32.6 Å². The van der Waals surface area contributed by atoms with Gasteiger partial charge < -0.3 is 19.9 Å². The number of nitrogens with one attached hydrogen (secondary N) is 1. The van der Waals surface area contributed by atoms with E-state index >= 15 is 0 Å². The van der Waals surface area contributed by atoms with Crippen LogP contribution >= 0.6 is 0 Å². The molecule has 1 atom stereocenters. The molecular weight excluding hydrogens is 370 g/mol. The average Bonchev–Trinajstić information content (AvgIpc) is 2.73. The summed E-state index contributed by atoms with van der Waals surface area (Å²) in [6.45, 7) is 5.45. The Kier molecular flexibility index (Phi) is 8.82. The number of nitrogens with two attached hydrogens (primary N) is 1. The van der Waals surface area contributed by atoms with Crippen LogP contribution < -0.4 is 25.4 Å². The molecule has 0 aliphatic heterocycles.